The van der Waals surface area contributed by atoms with Gasteiger partial charge >= 0.3 is 0 Å². The first-order valence-corrected chi connectivity index (χ1v) is 5.96. The lowest BCUT2D eigenvalue weighted by molar-refractivity contribution is -0.117. The van der Waals surface area contributed by atoms with E-state index in [1.807, 2.05) is 29.2 Å². The number of thioether (sulfide) groups is 1. The summed E-state index contributed by atoms with van der Waals surface area (Å²) in [5.41, 5.74) is 6.42. The second-order valence-electron chi connectivity index (χ2n) is 3.60. The van der Waals surface area contributed by atoms with Gasteiger partial charge in [-0.1, -0.05) is 12.1 Å². The highest BCUT2D eigenvalue weighted by Gasteiger charge is 2.27. The van der Waals surface area contributed by atoms with Crippen LogP contribution in [0.15, 0.2) is 29.2 Å². The van der Waals surface area contributed by atoms with E-state index >= 15 is 0 Å². The van der Waals surface area contributed by atoms with E-state index in [0.717, 1.165) is 16.3 Å². The Balaban J connectivity index is 2.41. The fourth-order valence-electron chi connectivity index (χ4n) is 1.78. The predicted octanol–water partition coefficient (Wildman–Crippen LogP) is 1.47. The number of carbonyl (C=O) groups excluding carboxylic acids is 1. The Morgan fingerprint density at radius 2 is 2.33 bits per heavy atom. The van der Waals surface area contributed by atoms with Gasteiger partial charge in [-0.3, -0.25) is 4.79 Å². The summed E-state index contributed by atoms with van der Waals surface area (Å²) in [6.45, 7) is 2.12. The highest BCUT2D eigenvalue weighted by atomic mass is 32.2. The van der Waals surface area contributed by atoms with Crippen LogP contribution in [0.1, 0.15) is 6.92 Å². The zero-order chi connectivity index (χ0) is 10.8. The van der Waals surface area contributed by atoms with E-state index in [1.54, 1.807) is 11.8 Å². The summed E-state index contributed by atoms with van der Waals surface area (Å²) in [5, 5.41) is 0. The van der Waals surface area contributed by atoms with E-state index < -0.39 is 0 Å². The summed E-state index contributed by atoms with van der Waals surface area (Å²) in [6.07, 6.45) is 0. The molecule has 15 heavy (non-hydrogen) atoms. The number of nitrogens with two attached hydrogens (primary N) is 1. The van der Waals surface area contributed by atoms with Crippen LogP contribution in [0.3, 0.4) is 0 Å². The van der Waals surface area contributed by atoms with Crippen molar-refractivity contribution < 1.29 is 4.79 Å². The number of hydrogen-bond acceptors (Lipinski definition) is 3. The van der Waals surface area contributed by atoms with Gasteiger partial charge in [0.1, 0.15) is 0 Å². The van der Waals surface area contributed by atoms with Crippen molar-refractivity contribution in [3.05, 3.63) is 24.3 Å². The summed E-state index contributed by atoms with van der Waals surface area (Å²) in [6, 6.07) is 8.19. The molecule has 2 N–H and O–H groups in total. The number of hydrogen-bond donors (Lipinski definition) is 1. The number of fused-ring (bicyclic) bond motifs is 1. The third-order valence-electron chi connectivity index (χ3n) is 2.49. The van der Waals surface area contributed by atoms with Crippen molar-refractivity contribution >= 4 is 23.4 Å². The van der Waals surface area contributed by atoms with Gasteiger partial charge in [-0.2, -0.15) is 0 Å². The second-order valence-corrected chi connectivity index (χ2v) is 4.66. The van der Waals surface area contributed by atoms with Crippen molar-refractivity contribution in [2.24, 2.45) is 5.73 Å². The lowest BCUT2D eigenvalue weighted by atomic mass is 10.2. The standard InChI is InChI=1S/C11H14N2OS/c1-8-7-15-10-5-3-2-4-9(10)13(8)11(14)6-12/h2-5,8H,6-7,12H2,1H3. The molecule has 1 aromatic rings. The lowest BCUT2D eigenvalue weighted by Crippen LogP contribution is -2.45. The van der Waals surface area contributed by atoms with E-state index in [-0.39, 0.29) is 18.5 Å². The van der Waals surface area contributed by atoms with Crippen LogP contribution >= 0.6 is 11.8 Å². The molecule has 0 bridgehead atoms. The number of amides is 1. The fourth-order valence-corrected chi connectivity index (χ4v) is 2.84. The van der Waals surface area contributed by atoms with Crippen molar-refractivity contribution in [1.29, 1.82) is 0 Å². The Morgan fingerprint density at radius 3 is 3.07 bits per heavy atom. The normalized spacial score (nSPS) is 19.9. The van der Waals surface area contributed by atoms with Gasteiger partial charge in [-0.15, -0.1) is 11.8 Å². The molecular formula is C11H14N2OS. The first-order valence-electron chi connectivity index (χ1n) is 4.98. The van der Waals surface area contributed by atoms with Crippen molar-refractivity contribution in [3.8, 4) is 0 Å². The summed E-state index contributed by atoms with van der Waals surface area (Å²) < 4.78 is 0. The van der Waals surface area contributed by atoms with Crippen LogP contribution in [0, 0.1) is 0 Å². The van der Waals surface area contributed by atoms with Gasteiger partial charge in [0, 0.05) is 16.7 Å². The van der Waals surface area contributed by atoms with E-state index in [0.29, 0.717) is 0 Å². The van der Waals surface area contributed by atoms with Crippen LogP contribution in [0.4, 0.5) is 5.69 Å². The average Bonchev–Trinajstić information content (AvgIpc) is 2.28. The lowest BCUT2D eigenvalue weighted by Gasteiger charge is -2.34. The second kappa shape index (κ2) is 4.24. The van der Waals surface area contributed by atoms with Crippen LogP contribution in [0.5, 0.6) is 0 Å². The van der Waals surface area contributed by atoms with Gasteiger partial charge in [0.05, 0.1) is 12.2 Å². The first kappa shape index (κ1) is 10.5. The summed E-state index contributed by atoms with van der Waals surface area (Å²) in [4.78, 5) is 14.7. The fraction of sp³-hybridized carbons (Fsp3) is 0.364. The number of nitrogens with zero attached hydrogens (tertiary/aromatic N) is 1. The Morgan fingerprint density at radius 1 is 1.60 bits per heavy atom. The minimum Gasteiger partial charge on any atom is -0.322 e. The molecule has 1 amide bonds. The number of anilines is 1. The zero-order valence-electron chi connectivity index (χ0n) is 8.64. The molecule has 1 atom stereocenters. The van der Waals surface area contributed by atoms with Gasteiger partial charge in [-0.25, -0.2) is 0 Å². The van der Waals surface area contributed by atoms with Crippen LogP contribution in [0.2, 0.25) is 0 Å². The summed E-state index contributed by atoms with van der Waals surface area (Å²) >= 11 is 1.79. The van der Waals surface area contributed by atoms with Gasteiger partial charge < -0.3 is 10.6 Å². The average molecular weight is 222 g/mol. The number of carbonyl (C=O) groups is 1. The maximum Gasteiger partial charge on any atom is 0.241 e. The van der Waals surface area contributed by atoms with E-state index in [4.69, 9.17) is 5.73 Å². The molecule has 0 aliphatic carbocycles. The van der Waals surface area contributed by atoms with Crippen molar-refractivity contribution in [2.45, 2.75) is 17.9 Å². The molecule has 0 radical (unpaired) electrons. The molecule has 4 heteroatoms. The molecule has 1 heterocycles. The van der Waals surface area contributed by atoms with Crippen LogP contribution < -0.4 is 10.6 Å². The Labute approximate surface area is 93.6 Å². The van der Waals surface area contributed by atoms with Crippen molar-refractivity contribution in [3.63, 3.8) is 0 Å². The molecule has 1 aliphatic rings. The molecule has 0 saturated carbocycles. The highest BCUT2D eigenvalue weighted by Crippen LogP contribution is 2.36. The smallest absolute Gasteiger partial charge is 0.241 e. The van der Waals surface area contributed by atoms with Gasteiger partial charge in [0.2, 0.25) is 5.91 Å². The van der Waals surface area contributed by atoms with Crippen molar-refractivity contribution in [2.75, 3.05) is 17.2 Å². The minimum absolute atomic E-state index is 0.00440. The van der Waals surface area contributed by atoms with Crippen molar-refractivity contribution in [1.82, 2.24) is 0 Å². The third kappa shape index (κ3) is 1.87. The molecule has 0 aromatic heterocycles. The Hall–Kier alpha value is -1.00. The zero-order valence-corrected chi connectivity index (χ0v) is 9.46. The Bertz CT molecular complexity index is 381. The topological polar surface area (TPSA) is 46.3 Å². The summed E-state index contributed by atoms with van der Waals surface area (Å²) in [7, 11) is 0. The van der Waals surface area contributed by atoms with Gasteiger partial charge in [0.15, 0.2) is 0 Å². The van der Waals surface area contributed by atoms with E-state index in [1.165, 1.54) is 0 Å². The first-order chi connectivity index (χ1) is 7.24. The molecule has 0 spiro atoms. The molecule has 1 aliphatic heterocycles. The maximum absolute atomic E-state index is 11.7. The molecule has 80 valence electrons. The quantitative estimate of drug-likeness (QED) is 0.782. The highest BCUT2D eigenvalue weighted by molar-refractivity contribution is 7.99. The monoisotopic (exact) mass is 222 g/mol. The molecule has 2 rings (SSSR count). The number of rotatable bonds is 1. The molecule has 0 saturated heterocycles. The number of benzene rings is 1. The van der Waals surface area contributed by atoms with Crippen LogP contribution in [-0.2, 0) is 4.79 Å². The largest absolute Gasteiger partial charge is 0.322 e. The third-order valence-corrected chi connectivity index (χ3v) is 3.79. The van der Waals surface area contributed by atoms with E-state index in [9.17, 15) is 4.79 Å². The number of para-hydroxylation sites is 1. The SMILES string of the molecule is CC1CSc2ccccc2N1C(=O)CN. The molecule has 1 aromatic carbocycles. The predicted molar refractivity (Wildman–Crippen MR) is 63.2 cm³/mol. The molecular weight excluding hydrogens is 208 g/mol. The summed E-state index contributed by atoms with van der Waals surface area (Å²) in [5.74, 6) is 0.929. The van der Waals surface area contributed by atoms with Crippen LogP contribution in [0.25, 0.3) is 0 Å². The Kier molecular flexibility index (Phi) is 2.98. The van der Waals surface area contributed by atoms with Gasteiger partial charge in [-0.05, 0) is 19.1 Å². The van der Waals surface area contributed by atoms with Crippen LogP contribution in [-0.4, -0.2) is 24.2 Å². The molecule has 0 fully saturated rings. The van der Waals surface area contributed by atoms with E-state index in [2.05, 4.69) is 6.92 Å². The molecule has 3 nitrogen and oxygen atoms in total. The maximum atomic E-state index is 11.7. The molecule has 1 unspecified atom stereocenters. The minimum atomic E-state index is -0.00440. The van der Waals surface area contributed by atoms with Gasteiger partial charge in [0.25, 0.3) is 0 Å².